The summed E-state index contributed by atoms with van der Waals surface area (Å²) in [5, 5.41) is 22.4. The molecule has 7 nitrogen and oxygen atoms in total. The fourth-order valence-electron chi connectivity index (χ4n) is 1.91. The molecule has 0 radical (unpaired) electrons. The predicted molar refractivity (Wildman–Crippen MR) is 71.8 cm³/mol. The maximum atomic E-state index is 11.7. The summed E-state index contributed by atoms with van der Waals surface area (Å²) in [7, 11) is 0. The maximum absolute atomic E-state index is 11.7. The van der Waals surface area contributed by atoms with Gasteiger partial charge in [-0.05, 0) is 12.1 Å². The van der Waals surface area contributed by atoms with E-state index < -0.39 is 4.92 Å². The summed E-state index contributed by atoms with van der Waals surface area (Å²) < 4.78 is 1.71. The van der Waals surface area contributed by atoms with Crippen LogP contribution < -0.4 is 5.32 Å². The highest BCUT2D eigenvalue weighted by Crippen LogP contribution is 2.21. The lowest BCUT2D eigenvalue weighted by Crippen LogP contribution is -2.27. The molecular formula is C13H12N4O3. The molecule has 0 aliphatic rings. The van der Waals surface area contributed by atoms with E-state index in [1.54, 1.807) is 22.9 Å². The molecule has 0 bridgehead atoms. The Hall–Kier alpha value is -2.88. The van der Waals surface area contributed by atoms with Gasteiger partial charge in [-0.25, -0.2) is 0 Å². The van der Waals surface area contributed by atoms with Gasteiger partial charge in [0.15, 0.2) is 0 Å². The van der Waals surface area contributed by atoms with E-state index in [4.69, 9.17) is 5.26 Å². The number of carbonyl (C=O) groups excluding carboxylic acids is 1. The minimum atomic E-state index is -0.453. The number of fused-ring (bicyclic) bond motifs is 1. The molecule has 20 heavy (non-hydrogen) atoms. The van der Waals surface area contributed by atoms with E-state index in [9.17, 15) is 14.9 Å². The molecule has 0 saturated carbocycles. The molecule has 0 aliphatic carbocycles. The molecule has 0 unspecified atom stereocenters. The van der Waals surface area contributed by atoms with Gasteiger partial charge in [0.25, 0.3) is 5.69 Å². The van der Waals surface area contributed by atoms with Crippen molar-refractivity contribution in [3.63, 3.8) is 0 Å². The highest BCUT2D eigenvalue weighted by atomic mass is 16.6. The van der Waals surface area contributed by atoms with Crippen molar-refractivity contribution in [2.75, 3.05) is 6.54 Å². The van der Waals surface area contributed by atoms with Gasteiger partial charge in [-0.1, -0.05) is 0 Å². The topological polar surface area (TPSA) is 101 Å². The Morgan fingerprint density at radius 3 is 2.95 bits per heavy atom. The molecule has 0 aliphatic heterocycles. The largest absolute Gasteiger partial charge is 0.354 e. The van der Waals surface area contributed by atoms with Gasteiger partial charge in [0.05, 0.1) is 17.4 Å². The predicted octanol–water partition coefficient (Wildman–Crippen LogP) is 1.58. The molecule has 102 valence electrons. The lowest BCUT2D eigenvalue weighted by Gasteiger charge is -2.05. The number of aromatic nitrogens is 1. The van der Waals surface area contributed by atoms with Crippen molar-refractivity contribution in [2.24, 2.45) is 0 Å². The van der Waals surface area contributed by atoms with E-state index >= 15 is 0 Å². The first-order valence-electron chi connectivity index (χ1n) is 5.99. The number of rotatable bonds is 5. The van der Waals surface area contributed by atoms with Crippen LogP contribution in [0.2, 0.25) is 0 Å². The number of carbonyl (C=O) groups is 1. The van der Waals surface area contributed by atoms with Gasteiger partial charge >= 0.3 is 0 Å². The zero-order valence-electron chi connectivity index (χ0n) is 10.6. The Kier molecular flexibility index (Phi) is 3.96. The Labute approximate surface area is 114 Å². The maximum Gasteiger partial charge on any atom is 0.270 e. The van der Waals surface area contributed by atoms with Gasteiger partial charge in [0.2, 0.25) is 5.91 Å². The first kappa shape index (κ1) is 13.5. The Balaban J connectivity index is 2.14. The third kappa shape index (κ3) is 2.92. The van der Waals surface area contributed by atoms with Crippen LogP contribution in [0.25, 0.3) is 10.9 Å². The third-order valence-electron chi connectivity index (χ3n) is 2.84. The summed E-state index contributed by atoms with van der Waals surface area (Å²) in [6.45, 7) is 0.437. The van der Waals surface area contributed by atoms with Crippen molar-refractivity contribution < 1.29 is 9.72 Å². The number of non-ortho nitro benzene ring substituents is 1. The molecule has 0 atom stereocenters. The molecule has 0 fully saturated rings. The molecule has 7 heteroatoms. The summed E-state index contributed by atoms with van der Waals surface area (Å²) in [5.74, 6) is -0.198. The van der Waals surface area contributed by atoms with Crippen molar-refractivity contribution in [1.82, 2.24) is 9.88 Å². The van der Waals surface area contributed by atoms with Crippen LogP contribution in [0.1, 0.15) is 6.42 Å². The molecule has 1 aromatic carbocycles. The minimum Gasteiger partial charge on any atom is -0.354 e. The number of hydrogen-bond acceptors (Lipinski definition) is 4. The molecule has 1 aromatic heterocycles. The SMILES string of the molecule is N#CCCNC(=O)Cn1ccc2cc([N+](=O)[O-])ccc21. The second-order valence-corrected chi connectivity index (χ2v) is 4.20. The van der Waals surface area contributed by atoms with Crippen molar-refractivity contribution in [3.8, 4) is 6.07 Å². The zero-order chi connectivity index (χ0) is 14.5. The van der Waals surface area contributed by atoms with Crippen molar-refractivity contribution in [2.45, 2.75) is 13.0 Å². The van der Waals surface area contributed by atoms with E-state index in [0.29, 0.717) is 11.9 Å². The van der Waals surface area contributed by atoms with Crippen LogP contribution in [0.3, 0.4) is 0 Å². The van der Waals surface area contributed by atoms with E-state index in [0.717, 1.165) is 5.52 Å². The molecule has 1 heterocycles. The fraction of sp³-hybridized carbons (Fsp3) is 0.231. The summed E-state index contributed by atoms with van der Waals surface area (Å²) in [6.07, 6.45) is 1.97. The second-order valence-electron chi connectivity index (χ2n) is 4.20. The zero-order valence-corrected chi connectivity index (χ0v) is 10.6. The fourth-order valence-corrected chi connectivity index (χ4v) is 1.91. The molecule has 2 aromatic rings. The van der Waals surface area contributed by atoms with Gasteiger partial charge in [0.1, 0.15) is 6.54 Å². The van der Waals surface area contributed by atoms with Crippen molar-refractivity contribution in [1.29, 1.82) is 5.26 Å². The molecule has 0 spiro atoms. The lowest BCUT2D eigenvalue weighted by atomic mass is 10.2. The van der Waals surface area contributed by atoms with Crippen LogP contribution in [0.15, 0.2) is 30.5 Å². The van der Waals surface area contributed by atoms with Gasteiger partial charge in [-0.15, -0.1) is 0 Å². The van der Waals surface area contributed by atoms with Gasteiger partial charge in [-0.2, -0.15) is 5.26 Å². The Bertz CT molecular complexity index is 699. The average Bonchev–Trinajstić information content (AvgIpc) is 2.81. The van der Waals surface area contributed by atoms with Crippen molar-refractivity contribution in [3.05, 3.63) is 40.6 Å². The number of nitro benzene ring substituents is 1. The van der Waals surface area contributed by atoms with Crippen LogP contribution in [-0.2, 0) is 11.3 Å². The van der Waals surface area contributed by atoms with E-state index in [2.05, 4.69) is 5.32 Å². The van der Waals surface area contributed by atoms with Gasteiger partial charge in [0, 0.05) is 35.8 Å². The summed E-state index contributed by atoms with van der Waals surface area (Å²) in [6, 6.07) is 8.17. The smallest absolute Gasteiger partial charge is 0.270 e. The number of nitrogens with zero attached hydrogens (tertiary/aromatic N) is 3. The molecule has 1 amide bonds. The summed E-state index contributed by atoms with van der Waals surface area (Å²) >= 11 is 0. The van der Waals surface area contributed by atoms with Crippen LogP contribution in [0.4, 0.5) is 5.69 Å². The first-order chi connectivity index (χ1) is 9.61. The van der Waals surface area contributed by atoms with Gasteiger partial charge in [-0.3, -0.25) is 14.9 Å². The van der Waals surface area contributed by atoms with E-state index in [1.807, 2.05) is 6.07 Å². The Morgan fingerprint density at radius 2 is 2.25 bits per heavy atom. The quantitative estimate of drug-likeness (QED) is 0.507. The van der Waals surface area contributed by atoms with Crippen LogP contribution in [0.5, 0.6) is 0 Å². The molecule has 2 rings (SSSR count). The standard InChI is InChI=1S/C13H12N4O3/c14-5-1-6-15-13(18)9-16-7-4-10-8-11(17(19)20)2-3-12(10)16/h2-4,7-8H,1,6,9H2,(H,15,18). The minimum absolute atomic E-state index is 0.0220. The number of nitriles is 1. The van der Waals surface area contributed by atoms with Crippen LogP contribution >= 0.6 is 0 Å². The summed E-state index contributed by atoms with van der Waals surface area (Å²) in [4.78, 5) is 21.9. The van der Waals surface area contributed by atoms with Crippen LogP contribution in [-0.4, -0.2) is 21.9 Å². The number of nitrogens with one attached hydrogen (secondary N) is 1. The normalized spacial score (nSPS) is 10.2. The number of benzene rings is 1. The second kappa shape index (κ2) is 5.84. The van der Waals surface area contributed by atoms with Gasteiger partial charge < -0.3 is 9.88 Å². The number of nitro groups is 1. The van der Waals surface area contributed by atoms with Crippen molar-refractivity contribution >= 4 is 22.5 Å². The van der Waals surface area contributed by atoms with E-state index in [-0.39, 0.29) is 24.6 Å². The summed E-state index contributed by atoms with van der Waals surface area (Å²) in [5.41, 5.74) is 0.778. The number of hydrogen-bond donors (Lipinski definition) is 1. The molecule has 1 N–H and O–H groups in total. The van der Waals surface area contributed by atoms with Crippen LogP contribution in [0, 0.1) is 21.4 Å². The highest BCUT2D eigenvalue weighted by Gasteiger charge is 2.10. The van der Waals surface area contributed by atoms with E-state index in [1.165, 1.54) is 12.1 Å². The highest BCUT2D eigenvalue weighted by molar-refractivity contribution is 5.85. The first-order valence-corrected chi connectivity index (χ1v) is 5.99. The molecular weight excluding hydrogens is 260 g/mol. The monoisotopic (exact) mass is 272 g/mol. The lowest BCUT2D eigenvalue weighted by molar-refractivity contribution is -0.384. The third-order valence-corrected chi connectivity index (χ3v) is 2.84. The molecule has 0 saturated heterocycles. The Morgan fingerprint density at radius 1 is 1.45 bits per heavy atom. The average molecular weight is 272 g/mol. The number of amides is 1.